The van der Waals surface area contributed by atoms with Crippen LogP contribution in [0.3, 0.4) is 0 Å². The number of ketones is 1. The van der Waals surface area contributed by atoms with Gasteiger partial charge < -0.3 is 9.26 Å². The molecule has 1 aromatic carbocycles. The molecule has 2 unspecified atom stereocenters. The molecule has 7 heteroatoms. The zero-order valence-corrected chi connectivity index (χ0v) is 16.1. The van der Waals surface area contributed by atoms with E-state index in [4.69, 9.17) is 9.26 Å². The summed E-state index contributed by atoms with van der Waals surface area (Å²) in [5, 5.41) is 0. The van der Waals surface area contributed by atoms with Crippen LogP contribution in [0.1, 0.15) is 24.8 Å². The molecule has 0 bridgehead atoms. The highest BCUT2D eigenvalue weighted by molar-refractivity contribution is 7.92. The molecule has 1 aliphatic heterocycles. The Balaban J connectivity index is 1.58. The Morgan fingerprint density at radius 2 is 2.20 bits per heavy atom. The zero-order valence-electron chi connectivity index (χ0n) is 14.0. The van der Waals surface area contributed by atoms with E-state index in [9.17, 15) is 9.59 Å². The molecule has 2 aliphatic rings. The lowest BCUT2D eigenvalue weighted by molar-refractivity contribution is -0.141. The van der Waals surface area contributed by atoms with Gasteiger partial charge in [0.15, 0.2) is 5.78 Å². The van der Waals surface area contributed by atoms with Crippen LogP contribution in [-0.2, 0) is 25.3 Å². The van der Waals surface area contributed by atoms with E-state index in [1.54, 1.807) is 6.08 Å². The molecule has 4 nitrogen and oxygen atoms in total. The number of esters is 1. The van der Waals surface area contributed by atoms with Crippen molar-refractivity contribution in [2.24, 2.45) is 11.8 Å². The summed E-state index contributed by atoms with van der Waals surface area (Å²) in [5.74, 6) is 0.165. The van der Waals surface area contributed by atoms with Crippen LogP contribution in [-0.4, -0.2) is 30.7 Å². The second-order valence-electron chi connectivity index (χ2n) is 6.46. The molecule has 0 spiro atoms. The van der Waals surface area contributed by atoms with Crippen molar-refractivity contribution in [1.29, 1.82) is 0 Å². The van der Waals surface area contributed by atoms with E-state index in [1.807, 2.05) is 43.1 Å². The number of fused-ring (bicyclic) bond motifs is 1. The van der Waals surface area contributed by atoms with E-state index in [2.05, 4.69) is 9.12 Å². The minimum atomic E-state index is -0.137. The molecule has 1 radical (unpaired) electrons. The van der Waals surface area contributed by atoms with Gasteiger partial charge in [0.25, 0.3) is 0 Å². The largest absolute Gasteiger partial charge is 0.462 e. The molecule has 1 heterocycles. The standard InChI is InChI=1S/C18H22BO4P2/c20-13(7-6-12-4-2-1-3-5-12)8-9-14-15-10-18(21)22-16(15)11-17(14)23-25-19-24/h1-5,8-9,14-17,25H,6-7,10-11,24H2/b9-8+/t14-,15-,16+,17-/m1/s1. The minimum Gasteiger partial charge on any atom is -0.462 e. The second kappa shape index (κ2) is 9.08. The second-order valence-corrected chi connectivity index (χ2v) is 8.27. The molecule has 131 valence electrons. The Labute approximate surface area is 153 Å². The fourth-order valence-electron chi connectivity index (χ4n) is 3.63. The number of hydrogen-bond donors (Lipinski definition) is 0. The summed E-state index contributed by atoms with van der Waals surface area (Å²) in [5.41, 5.74) is 1.17. The summed E-state index contributed by atoms with van der Waals surface area (Å²) in [6.45, 7) is 1.91. The number of allylic oxidation sites excluding steroid dienone is 1. The Bertz CT molecular complexity index is 637. The van der Waals surface area contributed by atoms with E-state index in [0.29, 0.717) is 21.5 Å². The number of benzene rings is 1. The molecule has 3 rings (SSSR count). The van der Waals surface area contributed by atoms with Crippen molar-refractivity contribution in [3.8, 4) is 0 Å². The molecule has 0 N–H and O–H groups in total. The minimum absolute atomic E-state index is 0.0106. The first-order valence-corrected chi connectivity index (χ1v) is 10.2. The van der Waals surface area contributed by atoms with Gasteiger partial charge in [0.05, 0.1) is 12.5 Å². The van der Waals surface area contributed by atoms with E-state index in [0.717, 1.165) is 12.8 Å². The highest BCUT2D eigenvalue weighted by atomic mass is 31.1. The van der Waals surface area contributed by atoms with Gasteiger partial charge in [-0.25, -0.2) is 0 Å². The number of aryl methyl sites for hydroxylation is 1. The monoisotopic (exact) mass is 375 g/mol. The third-order valence-corrected chi connectivity index (χ3v) is 5.83. The molecule has 2 fully saturated rings. The van der Waals surface area contributed by atoms with Gasteiger partial charge in [0.1, 0.15) is 6.10 Å². The van der Waals surface area contributed by atoms with Gasteiger partial charge in [-0.1, -0.05) is 36.4 Å². The summed E-state index contributed by atoms with van der Waals surface area (Å²) in [4.78, 5) is 23.8. The quantitative estimate of drug-likeness (QED) is 0.303. The van der Waals surface area contributed by atoms with E-state index in [-0.39, 0.29) is 35.8 Å². The van der Waals surface area contributed by atoms with Crippen molar-refractivity contribution in [1.82, 2.24) is 0 Å². The average Bonchev–Trinajstić information content (AvgIpc) is 3.13. The van der Waals surface area contributed by atoms with Crippen molar-refractivity contribution in [2.45, 2.75) is 37.9 Å². The predicted octanol–water partition coefficient (Wildman–Crippen LogP) is 3.08. The Morgan fingerprint density at radius 1 is 1.40 bits per heavy atom. The van der Waals surface area contributed by atoms with Crippen molar-refractivity contribution in [2.75, 3.05) is 0 Å². The normalized spacial score (nSPS) is 28.6. The maximum absolute atomic E-state index is 12.2. The van der Waals surface area contributed by atoms with Crippen LogP contribution < -0.4 is 0 Å². The van der Waals surface area contributed by atoms with Crippen molar-refractivity contribution in [3.63, 3.8) is 0 Å². The topological polar surface area (TPSA) is 52.6 Å². The van der Waals surface area contributed by atoms with Crippen LogP contribution in [0.25, 0.3) is 0 Å². The lowest BCUT2D eigenvalue weighted by Gasteiger charge is -2.19. The highest BCUT2D eigenvalue weighted by Crippen LogP contribution is 2.45. The van der Waals surface area contributed by atoms with Crippen molar-refractivity contribution < 1.29 is 18.8 Å². The van der Waals surface area contributed by atoms with Gasteiger partial charge in [-0.3, -0.25) is 9.59 Å². The van der Waals surface area contributed by atoms with E-state index < -0.39 is 0 Å². The maximum atomic E-state index is 12.2. The van der Waals surface area contributed by atoms with Gasteiger partial charge >= 0.3 is 5.97 Å². The summed E-state index contributed by atoms with van der Waals surface area (Å²) >= 11 is 0. The Hall–Kier alpha value is -1.02. The fourth-order valence-corrected chi connectivity index (χ4v) is 4.37. The molecule has 1 saturated carbocycles. The first kappa shape index (κ1) is 18.8. The molecule has 0 amide bonds. The molecule has 1 aromatic rings. The van der Waals surface area contributed by atoms with Crippen molar-refractivity contribution in [3.05, 3.63) is 48.0 Å². The Morgan fingerprint density at radius 3 is 2.96 bits per heavy atom. The first-order valence-electron chi connectivity index (χ1n) is 8.56. The molecule has 25 heavy (non-hydrogen) atoms. The molecule has 0 aromatic heterocycles. The van der Waals surface area contributed by atoms with Crippen LogP contribution in [0.5, 0.6) is 0 Å². The summed E-state index contributed by atoms with van der Waals surface area (Å²) in [7, 11) is 2.83. The number of rotatable bonds is 8. The van der Waals surface area contributed by atoms with Crippen LogP contribution >= 0.6 is 17.8 Å². The average molecular weight is 375 g/mol. The van der Waals surface area contributed by atoms with Gasteiger partial charge in [0, 0.05) is 24.7 Å². The molecule has 1 aliphatic carbocycles. The van der Waals surface area contributed by atoms with Crippen LogP contribution in [0.4, 0.5) is 0 Å². The first-order chi connectivity index (χ1) is 12.2. The lowest BCUT2D eigenvalue weighted by Crippen LogP contribution is -2.19. The number of carbonyl (C=O) groups excluding carboxylic acids is 2. The Kier molecular flexibility index (Phi) is 6.81. The third kappa shape index (κ3) is 5.00. The third-order valence-electron chi connectivity index (χ3n) is 4.85. The van der Waals surface area contributed by atoms with Gasteiger partial charge in [-0.15, -0.1) is 0 Å². The maximum Gasteiger partial charge on any atom is 0.306 e. The SMILES string of the molecule is O=C(/C=C/[C@@H]1[C@H]2CC(=O)O[C@H]2C[C@H]1OP[B]P)CCc1ccccc1. The fraction of sp³-hybridized carbons (Fsp3) is 0.444. The summed E-state index contributed by atoms with van der Waals surface area (Å²) in [6.07, 6.45) is 5.92. The smallest absolute Gasteiger partial charge is 0.306 e. The van der Waals surface area contributed by atoms with Crippen LogP contribution in [0.2, 0.25) is 0 Å². The van der Waals surface area contributed by atoms with E-state index in [1.165, 1.54) is 5.56 Å². The molecule has 1 saturated heterocycles. The summed E-state index contributed by atoms with van der Waals surface area (Å²) < 4.78 is 11.3. The van der Waals surface area contributed by atoms with E-state index >= 15 is 0 Å². The molecular formula is C18H22BO4P2. The van der Waals surface area contributed by atoms with Crippen LogP contribution in [0, 0.1) is 11.8 Å². The lowest BCUT2D eigenvalue weighted by atomic mass is 9.91. The number of ether oxygens (including phenoxy) is 1. The number of carbonyl (C=O) groups is 2. The molecular weight excluding hydrogens is 353 g/mol. The predicted molar refractivity (Wildman–Crippen MR) is 104 cm³/mol. The highest BCUT2D eigenvalue weighted by Gasteiger charge is 2.49. The molecule has 6 atom stereocenters. The van der Waals surface area contributed by atoms with Gasteiger partial charge in [0.2, 0.25) is 6.72 Å². The zero-order chi connectivity index (χ0) is 17.6. The number of hydrogen-bond acceptors (Lipinski definition) is 4. The van der Waals surface area contributed by atoms with Crippen LogP contribution in [0.15, 0.2) is 42.5 Å². The van der Waals surface area contributed by atoms with Gasteiger partial charge in [-0.05, 0) is 26.7 Å². The van der Waals surface area contributed by atoms with Crippen molar-refractivity contribution >= 4 is 36.3 Å². The summed E-state index contributed by atoms with van der Waals surface area (Å²) in [6, 6.07) is 10.0. The van der Waals surface area contributed by atoms with Gasteiger partial charge in [-0.2, -0.15) is 9.12 Å².